The zero-order valence-electron chi connectivity index (χ0n) is 18.2. The highest BCUT2D eigenvalue weighted by Crippen LogP contribution is 2.49. The number of carbonyl (C=O) groups is 2. The van der Waals surface area contributed by atoms with Crippen LogP contribution >= 0.6 is 0 Å². The molecule has 0 saturated carbocycles. The van der Waals surface area contributed by atoms with Gasteiger partial charge in [-0.25, -0.2) is 9.59 Å². The SMILES string of the molecule is COc1ccc([C@](NC(=O)OC(C)(C)C)(C(C)(C)C)[C@](C)(C(=O)O)[N+](=O)[O-])cc1. The molecule has 0 unspecified atom stereocenters. The fourth-order valence-electron chi connectivity index (χ4n) is 3.50. The summed E-state index contributed by atoms with van der Waals surface area (Å²) in [5.41, 5.74) is -6.35. The van der Waals surface area contributed by atoms with E-state index in [0.717, 1.165) is 6.92 Å². The van der Waals surface area contributed by atoms with E-state index in [9.17, 15) is 24.8 Å². The third-order valence-corrected chi connectivity index (χ3v) is 4.85. The molecule has 0 aromatic heterocycles. The minimum absolute atomic E-state index is 0.234. The summed E-state index contributed by atoms with van der Waals surface area (Å²) in [6, 6.07) is 6.11. The van der Waals surface area contributed by atoms with E-state index in [2.05, 4.69) is 5.32 Å². The second-order valence-electron chi connectivity index (χ2n) is 8.99. The van der Waals surface area contributed by atoms with Crippen LogP contribution in [0.3, 0.4) is 0 Å². The average molecular weight is 410 g/mol. The second-order valence-corrected chi connectivity index (χ2v) is 8.99. The Morgan fingerprint density at radius 2 is 1.52 bits per heavy atom. The average Bonchev–Trinajstić information content (AvgIpc) is 2.56. The standard InChI is InChI=1S/C20H30N2O7/c1-17(2,3)20(19(7,15(23)24)22(26)27,21-16(25)29-18(4,5)6)13-9-11-14(28-8)12-10-13/h9-12H,1-8H3,(H,21,25)(H,23,24)/t19-,20-/m0/s1. The lowest BCUT2D eigenvalue weighted by Gasteiger charge is -2.49. The molecular formula is C20H30N2O7. The van der Waals surface area contributed by atoms with Crippen molar-refractivity contribution in [2.24, 2.45) is 5.41 Å². The van der Waals surface area contributed by atoms with Crippen LogP contribution in [0.4, 0.5) is 4.79 Å². The van der Waals surface area contributed by atoms with Gasteiger partial charge in [0.1, 0.15) is 11.4 Å². The number of carbonyl (C=O) groups excluding carboxylic acids is 1. The number of ether oxygens (including phenoxy) is 2. The molecular weight excluding hydrogens is 380 g/mol. The van der Waals surface area contributed by atoms with Crippen LogP contribution in [0, 0.1) is 15.5 Å². The van der Waals surface area contributed by atoms with Crippen molar-refractivity contribution in [1.29, 1.82) is 0 Å². The van der Waals surface area contributed by atoms with E-state index in [1.165, 1.54) is 19.2 Å². The molecule has 1 aromatic rings. The Balaban J connectivity index is 3.90. The first-order valence-electron chi connectivity index (χ1n) is 9.06. The van der Waals surface area contributed by atoms with Crippen molar-refractivity contribution in [3.05, 3.63) is 39.9 Å². The normalized spacial score (nSPS) is 16.1. The Kier molecular flexibility index (Phi) is 6.58. The van der Waals surface area contributed by atoms with Gasteiger partial charge >= 0.3 is 17.6 Å². The number of benzene rings is 1. The fraction of sp³-hybridized carbons (Fsp3) is 0.600. The highest BCUT2D eigenvalue weighted by Gasteiger charge is 2.70. The molecule has 0 radical (unpaired) electrons. The second kappa shape index (κ2) is 7.88. The van der Waals surface area contributed by atoms with Crippen molar-refractivity contribution in [1.82, 2.24) is 5.32 Å². The van der Waals surface area contributed by atoms with E-state index >= 15 is 0 Å². The third-order valence-electron chi connectivity index (χ3n) is 4.85. The van der Waals surface area contributed by atoms with E-state index in [1.54, 1.807) is 53.7 Å². The number of rotatable bonds is 6. The molecule has 2 N–H and O–H groups in total. The third kappa shape index (κ3) is 4.44. The fourth-order valence-corrected chi connectivity index (χ4v) is 3.50. The zero-order valence-corrected chi connectivity index (χ0v) is 18.2. The quantitative estimate of drug-likeness (QED) is 0.542. The minimum atomic E-state index is -2.61. The van der Waals surface area contributed by atoms with Crippen molar-refractivity contribution in [3.63, 3.8) is 0 Å². The van der Waals surface area contributed by atoms with Crippen molar-refractivity contribution < 1.29 is 29.1 Å². The van der Waals surface area contributed by atoms with Gasteiger partial charge in [-0.3, -0.25) is 10.1 Å². The van der Waals surface area contributed by atoms with Crippen LogP contribution in [0.5, 0.6) is 5.75 Å². The Bertz CT molecular complexity index is 762. The van der Waals surface area contributed by atoms with E-state index in [1.807, 2.05) is 0 Å². The Morgan fingerprint density at radius 1 is 1.03 bits per heavy atom. The van der Waals surface area contributed by atoms with Gasteiger partial charge in [-0.05, 0) is 43.9 Å². The molecule has 0 saturated heterocycles. The molecule has 29 heavy (non-hydrogen) atoms. The van der Waals surface area contributed by atoms with Gasteiger partial charge in [0.25, 0.3) is 0 Å². The van der Waals surface area contributed by atoms with Gasteiger partial charge in [0, 0.05) is 11.8 Å². The molecule has 1 rings (SSSR count). The van der Waals surface area contributed by atoms with Crippen LogP contribution in [0.25, 0.3) is 0 Å². The van der Waals surface area contributed by atoms with Crippen LogP contribution < -0.4 is 10.1 Å². The highest BCUT2D eigenvalue weighted by atomic mass is 16.6. The van der Waals surface area contributed by atoms with E-state index < -0.39 is 39.1 Å². The zero-order chi connectivity index (χ0) is 22.8. The lowest BCUT2D eigenvalue weighted by atomic mass is 9.59. The van der Waals surface area contributed by atoms with Gasteiger partial charge in [0.2, 0.25) is 0 Å². The summed E-state index contributed by atoms with van der Waals surface area (Å²) < 4.78 is 10.5. The van der Waals surface area contributed by atoms with Crippen LogP contribution in [-0.4, -0.2) is 40.3 Å². The summed E-state index contributed by atoms with van der Waals surface area (Å²) in [7, 11) is 1.46. The van der Waals surface area contributed by atoms with Crippen LogP contribution in [-0.2, 0) is 15.1 Å². The number of carboxylic acid groups (broad SMARTS) is 1. The Labute approximate surface area is 170 Å². The first kappa shape index (κ1) is 24.2. The van der Waals surface area contributed by atoms with Gasteiger partial charge in [-0.1, -0.05) is 32.9 Å². The number of nitrogens with zero attached hydrogens (tertiary/aromatic N) is 1. The van der Waals surface area contributed by atoms with Crippen molar-refractivity contribution >= 4 is 12.1 Å². The number of hydrogen-bond donors (Lipinski definition) is 2. The highest BCUT2D eigenvalue weighted by molar-refractivity contribution is 5.82. The number of amides is 1. The molecule has 0 aliphatic heterocycles. The monoisotopic (exact) mass is 410 g/mol. The first-order valence-corrected chi connectivity index (χ1v) is 9.06. The summed E-state index contributed by atoms with van der Waals surface area (Å²) in [5.74, 6) is -1.21. The van der Waals surface area contributed by atoms with Crippen LogP contribution in [0.1, 0.15) is 54.0 Å². The molecule has 0 aliphatic carbocycles. The molecule has 162 valence electrons. The molecule has 1 amide bonds. The maximum atomic E-state index is 12.7. The predicted molar refractivity (Wildman–Crippen MR) is 107 cm³/mol. The number of nitrogens with one attached hydrogen (secondary N) is 1. The summed E-state index contributed by atoms with van der Waals surface area (Å²) >= 11 is 0. The van der Waals surface area contributed by atoms with Crippen LogP contribution in [0.2, 0.25) is 0 Å². The summed E-state index contributed by atoms with van der Waals surface area (Å²) in [5, 5.41) is 24.6. The maximum absolute atomic E-state index is 12.7. The van der Waals surface area contributed by atoms with Crippen molar-refractivity contribution in [2.45, 2.75) is 65.1 Å². The Morgan fingerprint density at radius 3 is 1.83 bits per heavy atom. The Hall–Kier alpha value is -2.84. The lowest BCUT2D eigenvalue weighted by Crippen LogP contribution is -2.72. The topological polar surface area (TPSA) is 128 Å². The number of alkyl carbamates (subject to hydrolysis) is 1. The van der Waals surface area contributed by atoms with Gasteiger partial charge < -0.3 is 19.9 Å². The van der Waals surface area contributed by atoms with E-state index in [0.29, 0.717) is 5.75 Å². The van der Waals surface area contributed by atoms with Gasteiger partial charge in [0.05, 0.1) is 7.11 Å². The molecule has 0 aliphatic rings. The summed E-state index contributed by atoms with van der Waals surface area (Å²) in [6.07, 6.45) is -0.961. The summed E-state index contributed by atoms with van der Waals surface area (Å²) in [4.78, 5) is 36.2. The van der Waals surface area contributed by atoms with Crippen molar-refractivity contribution in [2.75, 3.05) is 7.11 Å². The molecule has 1 aromatic carbocycles. The molecule has 0 spiro atoms. The predicted octanol–water partition coefficient (Wildman–Crippen LogP) is 3.58. The lowest BCUT2D eigenvalue weighted by molar-refractivity contribution is -0.570. The van der Waals surface area contributed by atoms with Crippen LogP contribution in [0.15, 0.2) is 24.3 Å². The van der Waals surface area contributed by atoms with Gasteiger partial charge in [0.15, 0.2) is 5.54 Å². The number of methoxy groups -OCH3 is 1. The van der Waals surface area contributed by atoms with Gasteiger partial charge in [-0.15, -0.1) is 0 Å². The minimum Gasteiger partial charge on any atom is -0.497 e. The molecule has 0 fully saturated rings. The smallest absolute Gasteiger partial charge is 0.408 e. The molecule has 0 heterocycles. The molecule has 9 nitrogen and oxygen atoms in total. The number of nitro groups is 1. The first-order chi connectivity index (χ1) is 13.0. The molecule has 9 heteroatoms. The number of hydrogen-bond acceptors (Lipinski definition) is 6. The van der Waals surface area contributed by atoms with Crippen molar-refractivity contribution in [3.8, 4) is 5.75 Å². The number of carboxylic acids is 1. The largest absolute Gasteiger partial charge is 0.497 e. The molecule has 0 bridgehead atoms. The molecule has 2 atom stereocenters. The number of aliphatic carboxylic acids is 1. The van der Waals surface area contributed by atoms with Gasteiger partial charge in [-0.2, -0.15) is 0 Å². The summed E-state index contributed by atoms with van der Waals surface area (Å²) in [6.45, 7) is 10.8. The maximum Gasteiger partial charge on any atom is 0.408 e. The van der Waals surface area contributed by atoms with E-state index in [-0.39, 0.29) is 5.56 Å². The van der Waals surface area contributed by atoms with E-state index in [4.69, 9.17) is 9.47 Å².